The van der Waals surface area contributed by atoms with Crippen LogP contribution in [0.4, 0.5) is 5.69 Å². The topological polar surface area (TPSA) is 178 Å². The summed E-state index contributed by atoms with van der Waals surface area (Å²) in [6.07, 6.45) is 3.65. The number of guanidine groups is 2. The predicted octanol–water partition coefficient (Wildman–Crippen LogP) is 2.12. The number of aliphatic imine (C=N–C) groups is 2. The van der Waals surface area contributed by atoms with Crippen molar-refractivity contribution in [1.82, 2.24) is 0 Å². The van der Waals surface area contributed by atoms with Crippen molar-refractivity contribution < 1.29 is 25.6 Å². The number of hydrogen-bond acceptors (Lipinski definition) is 10. The van der Waals surface area contributed by atoms with Crippen molar-refractivity contribution in [2.75, 3.05) is 4.90 Å². The number of hydrogen-bond donors (Lipinski definition) is 3. The van der Waals surface area contributed by atoms with Crippen molar-refractivity contribution in [3.63, 3.8) is 0 Å². The fourth-order valence-electron chi connectivity index (χ4n) is 4.29. The molecular weight excluding hydrogens is 482 g/mol. The highest BCUT2D eigenvalue weighted by Gasteiger charge is 2.44. The van der Waals surface area contributed by atoms with E-state index in [-0.39, 0.29) is 28.3 Å². The zero-order valence-electron chi connectivity index (χ0n) is 18.4. The van der Waals surface area contributed by atoms with Gasteiger partial charge in [-0.3, -0.25) is 9.45 Å². The molecular formula is C21H25N5O6S2. The van der Waals surface area contributed by atoms with Gasteiger partial charge in [0.05, 0.1) is 5.69 Å². The Bertz CT molecular complexity index is 1380. The smallest absolute Gasteiger partial charge is 0.339 e. The first-order valence-electron chi connectivity index (χ1n) is 10.5. The highest BCUT2D eigenvalue weighted by Crippen LogP contribution is 2.42. The van der Waals surface area contributed by atoms with Crippen molar-refractivity contribution in [1.29, 1.82) is 0 Å². The molecule has 0 bridgehead atoms. The third-order valence-corrected chi connectivity index (χ3v) is 7.96. The first-order valence-corrected chi connectivity index (χ1v) is 13.4. The van der Waals surface area contributed by atoms with Gasteiger partial charge in [0.15, 0.2) is 0 Å². The SMILES string of the molecule is Cc1ccc(S(=O)(=O)Oc2ccc(N3C(N)=NC(N)=NC34CCCCC4)c(S(=O)(=O)O)c2)cc1. The molecule has 4 rings (SSSR count). The quantitative estimate of drug-likeness (QED) is 0.404. The average molecular weight is 508 g/mol. The molecule has 0 aromatic heterocycles. The fourth-order valence-corrected chi connectivity index (χ4v) is 5.90. The second-order valence-electron chi connectivity index (χ2n) is 8.27. The van der Waals surface area contributed by atoms with Gasteiger partial charge in [0.2, 0.25) is 11.9 Å². The van der Waals surface area contributed by atoms with Crippen molar-refractivity contribution in [2.24, 2.45) is 21.5 Å². The number of nitrogens with two attached hydrogens (primary N) is 2. The Morgan fingerprint density at radius 3 is 2.26 bits per heavy atom. The number of aryl methyl sites for hydroxylation is 1. The molecule has 34 heavy (non-hydrogen) atoms. The van der Waals surface area contributed by atoms with Gasteiger partial charge in [-0.2, -0.15) is 21.8 Å². The third kappa shape index (κ3) is 4.58. The molecule has 13 heteroatoms. The highest BCUT2D eigenvalue weighted by atomic mass is 32.2. The molecule has 1 spiro atoms. The fraction of sp³-hybridized carbons (Fsp3) is 0.333. The number of anilines is 1. The molecule has 2 aliphatic rings. The lowest BCUT2D eigenvalue weighted by molar-refractivity contribution is 0.304. The van der Waals surface area contributed by atoms with Gasteiger partial charge >= 0.3 is 10.1 Å². The van der Waals surface area contributed by atoms with Gasteiger partial charge in [-0.05, 0) is 56.9 Å². The molecule has 1 aliphatic heterocycles. The Kier molecular flexibility index (Phi) is 6.04. The molecule has 2 aromatic rings. The molecule has 0 unspecified atom stereocenters. The van der Waals surface area contributed by atoms with E-state index in [1.807, 2.05) is 0 Å². The van der Waals surface area contributed by atoms with Gasteiger partial charge in [0.1, 0.15) is 21.2 Å². The standard InChI is InChI=1S/C21H25N5O6S2/c1-14-5-8-16(9-6-14)34(30,31)32-15-7-10-17(18(13-15)33(27,28)29)26-20(23)24-19(22)25-21(26)11-3-2-4-12-21/h5-10,13H,2-4,11-12H2,1H3,(H,27,28,29)(H4,22,23,24,25). The molecule has 0 radical (unpaired) electrons. The highest BCUT2D eigenvalue weighted by molar-refractivity contribution is 7.87. The minimum Gasteiger partial charge on any atom is -0.379 e. The summed E-state index contributed by atoms with van der Waals surface area (Å²) < 4.78 is 65.2. The van der Waals surface area contributed by atoms with Gasteiger partial charge in [0, 0.05) is 6.07 Å². The molecule has 1 fully saturated rings. The lowest BCUT2D eigenvalue weighted by Gasteiger charge is -2.45. The van der Waals surface area contributed by atoms with Crippen LogP contribution in [0.15, 0.2) is 62.2 Å². The monoisotopic (exact) mass is 507 g/mol. The normalized spacial score (nSPS) is 18.4. The molecule has 1 heterocycles. The lowest BCUT2D eigenvalue weighted by atomic mass is 9.87. The summed E-state index contributed by atoms with van der Waals surface area (Å²) in [4.78, 5) is 9.21. The molecule has 1 saturated carbocycles. The van der Waals surface area contributed by atoms with Gasteiger partial charge in [0.25, 0.3) is 10.1 Å². The van der Waals surface area contributed by atoms with Crippen molar-refractivity contribution in [2.45, 2.75) is 54.5 Å². The first kappa shape index (κ1) is 24.0. The minimum absolute atomic E-state index is 0.0121. The van der Waals surface area contributed by atoms with E-state index < -0.39 is 30.8 Å². The summed E-state index contributed by atoms with van der Waals surface area (Å²) in [5, 5.41) is 0. The molecule has 2 aromatic carbocycles. The van der Waals surface area contributed by atoms with E-state index in [9.17, 15) is 21.4 Å². The van der Waals surface area contributed by atoms with E-state index >= 15 is 0 Å². The Morgan fingerprint density at radius 2 is 1.65 bits per heavy atom. The molecule has 182 valence electrons. The van der Waals surface area contributed by atoms with E-state index in [4.69, 9.17) is 15.7 Å². The van der Waals surface area contributed by atoms with Crippen LogP contribution in [-0.2, 0) is 20.2 Å². The number of nitrogens with zero attached hydrogens (tertiary/aromatic N) is 3. The van der Waals surface area contributed by atoms with E-state index in [2.05, 4.69) is 9.98 Å². The predicted molar refractivity (Wildman–Crippen MR) is 127 cm³/mol. The van der Waals surface area contributed by atoms with Crippen LogP contribution in [0.2, 0.25) is 0 Å². The molecule has 0 atom stereocenters. The van der Waals surface area contributed by atoms with E-state index in [0.717, 1.165) is 30.9 Å². The summed E-state index contributed by atoms with van der Waals surface area (Å²) in [6, 6.07) is 9.49. The van der Waals surface area contributed by atoms with Crippen LogP contribution in [-0.4, -0.2) is 39.0 Å². The second-order valence-corrected chi connectivity index (χ2v) is 11.2. The van der Waals surface area contributed by atoms with Gasteiger partial charge in [-0.25, -0.2) is 4.99 Å². The van der Waals surface area contributed by atoms with E-state index in [0.29, 0.717) is 12.8 Å². The summed E-state index contributed by atoms with van der Waals surface area (Å²) in [7, 11) is -9.08. The molecule has 0 saturated heterocycles. The Balaban J connectivity index is 1.79. The Labute approximate surface area is 198 Å². The maximum atomic E-state index is 12.7. The van der Waals surface area contributed by atoms with Crippen molar-refractivity contribution in [3.05, 3.63) is 48.0 Å². The van der Waals surface area contributed by atoms with Crippen LogP contribution in [0.25, 0.3) is 0 Å². The van der Waals surface area contributed by atoms with Gasteiger partial charge < -0.3 is 15.7 Å². The van der Waals surface area contributed by atoms with Crippen LogP contribution >= 0.6 is 0 Å². The summed E-state index contributed by atoms with van der Waals surface area (Å²) in [5.41, 5.74) is 11.9. The average Bonchev–Trinajstić information content (AvgIpc) is 2.74. The van der Waals surface area contributed by atoms with Gasteiger partial charge in [-0.1, -0.05) is 24.1 Å². The van der Waals surface area contributed by atoms with Crippen LogP contribution in [0.1, 0.15) is 37.7 Å². The van der Waals surface area contributed by atoms with Crippen molar-refractivity contribution >= 4 is 37.8 Å². The second kappa shape index (κ2) is 8.56. The van der Waals surface area contributed by atoms with Crippen LogP contribution < -0.4 is 20.6 Å². The lowest BCUT2D eigenvalue weighted by Crippen LogP contribution is -2.58. The molecule has 0 amide bonds. The van der Waals surface area contributed by atoms with Crippen LogP contribution in [0.3, 0.4) is 0 Å². The van der Waals surface area contributed by atoms with E-state index in [1.54, 1.807) is 19.1 Å². The number of benzene rings is 2. The largest absolute Gasteiger partial charge is 0.379 e. The summed E-state index contributed by atoms with van der Waals surface area (Å²) in [6.45, 7) is 1.81. The zero-order chi connectivity index (χ0) is 24.7. The molecule has 5 N–H and O–H groups in total. The van der Waals surface area contributed by atoms with Gasteiger partial charge in [-0.15, -0.1) is 0 Å². The molecule has 11 nitrogen and oxygen atoms in total. The zero-order valence-corrected chi connectivity index (χ0v) is 20.0. The van der Waals surface area contributed by atoms with E-state index in [1.165, 1.54) is 29.2 Å². The first-order chi connectivity index (χ1) is 15.9. The number of rotatable bonds is 5. The maximum absolute atomic E-state index is 12.7. The van der Waals surface area contributed by atoms with Crippen LogP contribution in [0.5, 0.6) is 5.75 Å². The Hall–Kier alpha value is -3.16. The van der Waals surface area contributed by atoms with Crippen LogP contribution in [0, 0.1) is 6.92 Å². The summed E-state index contributed by atoms with van der Waals surface area (Å²) in [5.74, 6) is -0.404. The minimum atomic E-state index is -4.83. The van der Waals surface area contributed by atoms with Crippen molar-refractivity contribution in [3.8, 4) is 5.75 Å². The maximum Gasteiger partial charge on any atom is 0.339 e. The Morgan fingerprint density at radius 1 is 1.00 bits per heavy atom. The third-order valence-electron chi connectivity index (χ3n) is 5.82. The molecule has 1 aliphatic carbocycles. The summed E-state index contributed by atoms with van der Waals surface area (Å²) >= 11 is 0.